The Bertz CT molecular complexity index is 657. The van der Waals surface area contributed by atoms with Gasteiger partial charge in [-0.15, -0.1) is 0 Å². The molecule has 2 radical (unpaired) electrons. The number of hydrogen-bond donors (Lipinski definition) is 2. The van der Waals surface area contributed by atoms with Gasteiger partial charge in [0.25, 0.3) is 0 Å². The average molecular weight is 702 g/mol. The van der Waals surface area contributed by atoms with Gasteiger partial charge in [0.1, 0.15) is 0 Å². The summed E-state index contributed by atoms with van der Waals surface area (Å²) < 4.78 is 10.0. The first-order valence-electron chi connectivity index (χ1n) is 13.3. The van der Waals surface area contributed by atoms with E-state index >= 15 is 0 Å². The molecule has 0 aromatic carbocycles. The molecule has 0 N–H and O–H groups in total. The van der Waals surface area contributed by atoms with E-state index in [1.807, 2.05) is 0 Å². The Kier molecular flexibility index (Phi) is 23.5. The molecule has 214 valence electrons. The first-order valence-corrected chi connectivity index (χ1v) is 23.0. The van der Waals surface area contributed by atoms with Crippen LogP contribution in [0.3, 0.4) is 0 Å². The van der Waals surface area contributed by atoms with Gasteiger partial charge in [-0.1, -0.05) is 0 Å². The van der Waals surface area contributed by atoms with Gasteiger partial charge < -0.3 is 0 Å². The molecule has 11 heteroatoms. The molecule has 0 aromatic heterocycles. The van der Waals surface area contributed by atoms with Crippen LogP contribution in [-0.4, -0.2) is 64.3 Å². The van der Waals surface area contributed by atoms with E-state index in [1.165, 1.54) is 24.3 Å². The van der Waals surface area contributed by atoms with Crippen LogP contribution in [0, 0.1) is 11.8 Å². The van der Waals surface area contributed by atoms with Crippen LogP contribution in [0.4, 0.5) is 0 Å². The van der Waals surface area contributed by atoms with Crippen molar-refractivity contribution in [2.75, 3.05) is 19.0 Å². The van der Waals surface area contributed by atoms with E-state index in [4.69, 9.17) is 9.47 Å². The fourth-order valence-corrected chi connectivity index (χ4v) is 16.2. The number of hydrogen-bond acceptors (Lipinski definition) is 8. The Labute approximate surface area is 251 Å². The maximum absolute atomic E-state index is 13.2. The Hall–Kier alpha value is 0.479. The molecule has 37 heavy (non-hydrogen) atoms. The molecule has 0 bridgehead atoms. The van der Waals surface area contributed by atoms with Crippen molar-refractivity contribution in [2.24, 2.45) is 11.8 Å². The van der Waals surface area contributed by atoms with E-state index in [-0.39, 0.29) is 53.6 Å². The molecule has 0 amide bonds. The minimum absolute atomic E-state index is 0.114. The van der Waals surface area contributed by atoms with Crippen molar-refractivity contribution in [3.63, 3.8) is 0 Å². The summed E-state index contributed by atoms with van der Waals surface area (Å²) >= 11 is 6.44. The Balaban J connectivity index is 4.80. The predicted molar refractivity (Wildman–Crippen MR) is 164 cm³/mol. The van der Waals surface area contributed by atoms with Crippen molar-refractivity contribution >= 4 is 83.7 Å². The van der Waals surface area contributed by atoms with E-state index in [1.54, 1.807) is 0 Å². The van der Waals surface area contributed by atoms with Crippen molar-refractivity contribution in [3.8, 4) is 0 Å². The van der Waals surface area contributed by atoms with Gasteiger partial charge in [-0.05, 0) is 0 Å². The van der Waals surface area contributed by atoms with Crippen molar-refractivity contribution in [3.05, 3.63) is 0 Å². The quantitative estimate of drug-likeness (QED) is 0.0497. The molecule has 0 fully saturated rings. The number of thiol groups is 2. The first kappa shape index (κ1) is 37.5. The summed E-state index contributed by atoms with van der Waals surface area (Å²) in [4.78, 5) is 48.6. The average Bonchev–Trinajstić information content (AvgIpc) is 2.81. The van der Waals surface area contributed by atoms with E-state index in [2.05, 4.69) is 53.0 Å². The van der Waals surface area contributed by atoms with Crippen LogP contribution in [0.25, 0.3) is 0 Å². The van der Waals surface area contributed by atoms with Crippen molar-refractivity contribution in [2.45, 2.75) is 109 Å². The van der Waals surface area contributed by atoms with E-state index in [0.29, 0.717) is 25.0 Å². The van der Waals surface area contributed by atoms with Gasteiger partial charge in [0.15, 0.2) is 0 Å². The normalized spacial score (nSPS) is 11.7. The van der Waals surface area contributed by atoms with Gasteiger partial charge in [0.05, 0.1) is 0 Å². The fourth-order valence-electron chi connectivity index (χ4n) is 3.48. The second-order valence-corrected chi connectivity index (χ2v) is 21.8. The van der Waals surface area contributed by atoms with Crippen LogP contribution in [0.15, 0.2) is 0 Å². The minimum atomic E-state index is -1.32. The van der Waals surface area contributed by atoms with E-state index in [9.17, 15) is 19.2 Å². The van der Waals surface area contributed by atoms with Crippen LogP contribution in [-0.2, 0) is 28.7 Å². The number of carbonyl (C=O) groups is 4. The van der Waals surface area contributed by atoms with Gasteiger partial charge in [-0.2, -0.15) is 0 Å². The van der Waals surface area contributed by atoms with Gasteiger partial charge in [-0.3, -0.25) is 0 Å². The standard InChI is InChI=1S/C16H28O4S3.C10H20O2S.Sn/c1-12(2)6-4-3-5-11-20-15(19)16(23,9-7-13(17)21)10-8-14(18)22;1-9(2)6-4-3-5-7-12-10(11)8-13;/h12,23H,3-11H2,1-2H3,(H,17,21)(H,18,22);9,13H,3-8H2,1-2H3;/q;;+2/p-2. The predicted octanol–water partition coefficient (Wildman–Crippen LogP) is 6.72. The fraction of sp³-hybridized carbons (Fsp3) is 0.846. The Morgan fingerprint density at radius 2 is 1.24 bits per heavy atom. The van der Waals surface area contributed by atoms with Crippen LogP contribution in [0.1, 0.15) is 105 Å². The third kappa shape index (κ3) is 21.9. The molecule has 0 saturated heterocycles. The number of unbranched alkanes of at least 4 members (excludes halogenated alkanes) is 4. The molecule has 6 nitrogen and oxygen atoms in total. The molecular weight excluding hydrogens is 655 g/mol. The van der Waals surface area contributed by atoms with Gasteiger partial charge in [0, 0.05) is 0 Å². The second-order valence-electron chi connectivity index (χ2n) is 10.1. The molecule has 0 aliphatic rings. The van der Waals surface area contributed by atoms with Gasteiger partial charge >= 0.3 is 253 Å². The van der Waals surface area contributed by atoms with E-state index in [0.717, 1.165) is 44.9 Å². The van der Waals surface area contributed by atoms with E-state index < -0.39 is 23.1 Å². The van der Waals surface area contributed by atoms with Crippen LogP contribution >= 0.6 is 43.1 Å². The van der Waals surface area contributed by atoms with Gasteiger partial charge in [-0.25, -0.2) is 0 Å². The van der Waals surface area contributed by atoms with Crippen LogP contribution in [0.5, 0.6) is 0 Å². The third-order valence-electron chi connectivity index (χ3n) is 5.69. The number of rotatable bonds is 24. The molecule has 0 atom stereocenters. The zero-order chi connectivity index (χ0) is 28.1. The molecular formula is C26H46O6S4Sn. The molecule has 0 rings (SSSR count). The van der Waals surface area contributed by atoms with Crippen LogP contribution < -0.4 is 0 Å². The summed E-state index contributed by atoms with van der Waals surface area (Å²) in [5.41, 5.74) is 0. The summed E-state index contributed by atoms with van der Waals surface area (Å²) in [6.07, 6.45) is 9.03. The molecule has 0 unspecified atom stereocenters. The SMILES string of the molecule is CC(C)CCCCCOC(=O)C[S][Sn][S]C(CCC(=O)S)(CCC(=O)S)C(=O)OCCCCCC(C)C. The zero-order valence-corrected chi connectivity index (χ0v) is 29.2. The molecule has 0 aromatic rings. The van der Waals surface area contributed by atoms with Crippen LogP contribution in [0.2, 0.25) is 0 Å². The summed E-state index contributed by atoms with van der Waals surface area (Å²) in [6.45, 7) is 9.55. The van der Waals surface area contributed by atoms with Crippen molar-refractivity contribution < 1.29 is 28.7 Å². The molecule has 0 saturated carbocycles. The number of ether oxygens (including phenoxy) is 2. The number of esters is 2. The third-order valence-corrected chi connectivity index (χ3v) is 18.0. The monoisotopic (exact) mass is 702 g/mol. The molecule has 0 heterocycles. The summed E-state index contributed by atoms with van der Waals surface area (Å²) in [5.74, 6) is 0.985. The Morgan fingerprint density at radius 3 is 1.70 bits per heavy atom. The van der Waals surface area contributed by atoms with Gasteiger partial charge in [0.2, 0.25) is 0 Å². The first-order chi connectivity index (χ1) is 17.5. The summed E-state index contributed by atoms with van der Waals surface area (Å²) in [6, 6.07) is 0. The second kappa shape index (κ2) is 23.2. The summed E-state index contributed by atoms with van der Waals surface area (Å²) in [5, 5.41) is -0.614. The number of carbonyl (C=O) groups excluding carboxylic acids is 4. The van der Waals surface area contributed by atoms with Crippen molar-refractivity contribution in [1.29, 1.82) is 0 Å². The molecule has 0 aliphatic heterocycles. The maximum atomic E-state index is 13.2. The molecule has 0 spiro atoms. The Morgan fingerprint density at radius 1 is 0.757 bits per heavy atom. The summed E-state index contributed by atoms with van der Waals surface area (Å²) in [7, 11) is 3.02. The molecule has 0 aliphatic carbocycles. The zero-order valence-electron chi connectivity index (χ0n) is 22.9. The van der Waals surface area contributed by atoms with Crippen molar-refractivity contribution in [1.82, 2.24) is 0 Å². The topological polar surface area (TPSA) is 86.7 Å².